The van der Waals surface area contributed by atoms with E-state index in [0.717, 1.165) is 34.0 Å². The molecule has 0 aliphatic carbocycles. The highest BCUT2D eigenvalue weighted by atomic mass is 32.2. The Morgan fingerprint density at radius 1 is 1.25 bits per heavy atom. The van der Waals surface area contributed by atoms with Crippen molar-refractivity contribution >= 4 is 21.6 Å². The fourth-order valence-corrected chi connectivity index (χ4v) is 3.60. The standard InChI is InChI=1S/C17H20N2O4S/c1-12-6-7-13-5-4-8-19(15(13)9-12)17(20)14-10-16(23-11-14)24(21,22)18(2)3/h6-7,9-11H,4-5,8H2,1-3H3. The molecule has 0 N–H and O–H groups in total. The first-order chi connectivity index (χ1) is 11.3. The molecule has 0 bridgehead atoms. The van der Waals surface area contributed by atoms with Gasteiger partial charge in [-0.15, -0.1) is 0 Å². The minimum absolute atomic E-state index is 0.225. The largest absolute Gasteiger partial charge is 0.451 e. The molecule has 1 aliphatic heterocycles. The third-order valence-corrected chi connectivity index (χ3v) is 5.85. The fraction of sp³-hybridized carbons (Fsp3) is 0.353. The predicted molar refractivity (Wildman–Crippen MR) is 90.8 cm³/mol. The van der Waals surface area contributed by atoms with Crippen molar-refractivity contribution in [2.45, 2.75) is 24.9 Å². The Kier molecular flexibility index (Phi) is 4.23. The van der Waals surface area contributed by atoms with Crippen LogP contribution in [0.1, 0.15) is 27.9 Å². The van der Waals surface area contributed by atoms with E-state index >= 15 is 0 Å². The Bertz CT molecular complexity index is 884. The summed E-state index contributed by atoms with van der Waals surface area (Å²) in [6, 6.07) is 7.36. The Hall–Kier alpha value is -2.12. The lowest BCUT2D eigenvalue weighted by atomic mass is 9.99. The number of hydrogen-bond donors (Lipinski definition) is 0. The second-order valence-electron chi connectivity index (χ2n) is 6.13. The van der Waals surface area contributed by atoms with E-state index in [1.165, 1.54) is 26.4 Å². The van der Waals surface area contributed by atoms with E-state index in [1.807, 2.05) is 25.1 Å². The van der Waals surface area contributed by atoms with Crippen molar-refractivity contribution in [3.63, 3.8) is 0 Å². The highest BCUT2D eigenvalue weighted by molar-refractivity contribution is 7.88. The van der Waals surface area contributed by atoms with Gasteiger partial charge in [0.2, 0.25) is 5.09 Å². The second kappa shape index (κ2) is 6.07. The summed E-state index contributed by atoms with van der Waals surface area (Å²) in [5.74, 6) is -0.245. The van der Waals surface area contributed by atoms with Crippen LogP contribution >= 0.6 is 0 Å². The summed E-state index contributed by atoms with van der Waals surface area (Å²) in [4.78, 5) is 14.5. The molecule has 1 aliphatic rings. The van der Waals surface area contributed by atoms with Gasteiger partial charge in [-0.25, -0.2) is 12.7 Å². The van der Waals surface area contributed by atoms with E-state index in [-0.39, 0.29) is 16.6 Å². The molecule has 128 valence electrons. The lowest BCUT2D eigenvalue weighted by Crippen LogP contribution is -2.35. The number of fused-ring (bicyclic) bond motifs is 1. The van der Waals surface area contributed by atoms with E-state index in [2.05, 4.69) is 0 Å². The van der Waals surface area contributed by atoms with E-state index in [4.69, 9.17) is 4.42 Å². The average molecular weight is 348 g/mol. The summed E-state index contributed by atoms with van der Waals surface area (Å²) in [6.45, 7) is 2.59. The van der Waals surface area contributed by atoms with Gasteiger partial charge in [0.05, 0.1) is 5.56 Å². The van der Waals surface area contributed by atoms with Crippen LogP contribution in [-0.4, -0.2) is 39.3 Å². The minimum atomic E-state index is -3.69. The van der Waals surface area contributed by atoms with Crippen molar-refractivity contribution in [3.8, 4) is 0 Å². The molecule has 2 aromatic rings. The lowest BCUT2D eigenvalue weighted by Gasteiger charge is -2.29. The quantitative estimate of drug-likeness (QED) is 0.854. The molecule has 6 nitrogen and oxygen atoms in total. The van der Waals surface area contributed by atoms with Gasteiger partial charge in [-0.05, 0) is 37.0 Å². The fourth-order valence-electron chi connectivity index (χ4n) is 2.80. The average Bonchev–Trinajstić information content (AvgIpc) is 3.04. The van der Waals surface area contributed by atoms with Crippen LogP contribution in [0.4, 0.5) is 5.69 Å². The van der Waals surface area contributed by atoms with Gasteiger partial charge in [0, 0.05) is 32.4 Å². The van der Waals surface area contributed by atoms with E-state index in [0.29, 0.717) is 6.54 Å². The number of carbonyl (C=O) groups excluding carboxylic acids is 1. The van der Waals surface area contributed by atoms with Gasteiger partial charge in [-0.1, -0.05) is 12.1 Å². The molecule has 7 heteroatoms. The molecule has 1 aromatic carbocycles. The van der Waals surface area contributed by atoms with Gasteiger partial charge in [0.15, 0.2) is 0 Å². The summed E-state index contributed by atoms with van der Waals surface area (Å²) in [5.41, 5.74) is 3.34. The molecule has 0 unspecified atom stereocenters. The first kappa shape index (κ1) is 16.7. The zero-order chi connectivity index (χ0) is 17.5. The maximum absolute atomic E-state index is 12.8. The lowest BCUT2D eigenvalue weighted by molar-refractivity contribution is 0.0984. The normalized spacial score (nSPS) is 14.8. The number of anilines is 1. The smallest absolute Gasteiger partial charge is 0.275 e. The maximum atomic E-state index is 12.8. The first-order valence-electron chi connectivity index (χ1n) is 7.73. The highest BCUT2D eigenvalue weighted by Gasteiger charge is 2.28. The second-order valence-corrected chi connectivity index (χ2v) is 8.22. The van der Waals surface area contributed by atoms with Crippen molar-refractivity contribution in [1.29, 1.82) is 0 Å². The predicted octanol–water partition coefficient (Wildman–Crippen LogP) is 2.43. The van der Waals surface area contributed by atoms with Gasteiger partial charge in [0.25, 0.3) is 15.9 Å². The maximum Gasteiger partial charge on any atom is 0.275 e. The molecule has 3 rings (SSSR count). The first-order valence-corrected chi connectivity index (χ1v) is 9.17. The molecule has 1 aromatic heterocycles. The van der Waals surface area contributed by atoms with Gasteiger partial charge < -0.3 is 9.32 Å². The Balaban J connectivity index is 1.95. The third kappa shape index (κ3) is 2.85. The van der Waals surface area contributed by atoms with E-state index < -0.39 is 10.0 Å². The number of rotatable bonds is 3. The zero-order valence-electron chi connectivity index (χ0n) is 13.9. The van der Waals surface area contributed by atoms with Gasteiger partial charge in [-0.3, -0.25) is 4.79 Å². The SMILES string of the molecule is Cc1ccc2c(c1)N(C(=O)c1coc(S(=O)(=O)N(C)C)c1)CCC2. The Morgan fingerprint density at radius 3 is 2.71 bits per heavy atom. The number of furan rings is 1. The monoisotopic (exact) mass is 348 g/mol. The van der Waals surface area contributed by atoms with Crippen LogP contribution in [0, 0.1) is 6.92 Å². The van der Waals surface area contributed by atoms with Gasteiger partial charge >= 0.3 is 0 Å². The van der Waals surface area contributed by atoms with E-state index in [9.17, 15) is 13.2 Å². The molecular formula is C17H20N2O4S. The number of amides is 1. The van der Waals surface area contributed by atoms with Crippen LogP contribution in [0.25, 0.3) is 0 Å². The van der Waals surface area contributed by atoms with Crippen molar-refractivity contribution in [3.05, 3.63) is 47.2 Å². The van der Waals surface area contributed by atoms with Crippen LogP contribution in [-0.2, 0) is 16.4 Å². The summed E-state index contributed by atoms with van der Waals surface area (Å²) in [6.07, 6.45) is 3.02. The van der Waals surface area contributed by atoms with E-state index in [1.54, 1.807) is 4.90 Å². The third-order valence-electron chi connectivity index (χ3n) is 4.16. The van der Waals surface area contributed by atoms with Gasteiger partial charge in [-0.2, -0.15) is 0 Å². The molecule has 1 amide bonds. The number of hydrogen-bond acceptors (Lipinski definition) is 4. The Labute approximate surface area is 141 Å². The number of sulfonamides is 1. The van der Waals surface area contributed by atoms with Crippen molar-refractivity contribution in [2.75, 3.05) is 25.5 Å². The molecule has 0 spiro atoms. The number of aryl methyl sites for hydroxylation is 2. The Morgan fingerprint density at radius 2 is 2.00 bits per heavy atom. The molecule has 0 atom stereocenters. The summed E-state index contributed by atoms with van der Waals surface area (Å²) in [7, 11) is -0.852. The van der Waals surface area contributed by atoms with Crippen molar-refractivity contribution in [2.24, 2.45) is 0 Å². The van der Waals surface area contributed by atoms with Crippen LogP contribution in [0.2, 0.25) is 0 Å². The van der Waals surface area contributed by atoms with Gasteiger partial charge in [0.1, 0.15) is 6.26 Å². The van der Waals surface area contributed by atoms with Crippen molar-refractivity contribution in [1.82, 2.24) is 4.31 Å². The number of nitrogens with zero attached hydrogens (tertiary/aromatic N) is 2. The topological polar surface area (TPSA) is 70.8 Å². The highest BCUT2D eigenvalue weighted by Crippen LogP contribution is 2.30. The molecule has 0 saturated heterocycles. The van der Waals surface area contributed by atoms with Crippen LogP contribution < -0.4 is 4.90 Å². The number of benzene rings is 1. The summed E-state index contributed by atoms with van der Waals surface area (Å²) in [5, 5.41) is -0.225. The molecule has 0 fully saturated rings. The molecule has 24 heavy (non-hydrogen) atoms. The number of carbonyl (C=O) groups is 1. The van der Waals surface area contributed by atoms with Crippen molar-refractivity contribution < 1.29 is 17.6 Å². The minimum Gasteiger partial charge on any atom is -0.451 e. The molecule has 0 saturated carbocycles. The van der Waals surface area contributed by atoms with Crippen LogP contribution in [0.3, 0.4) is 0 Å². The molecule has 2 heterocycles. The molecular weight excluding hydrogens is 328 g/mol. The zero-order valence-corrected chi connectivity index (χ0v) is 14.8. The van der Waals surface area contributed by atoms with Crippen LogP contribution in [0.5, 0.6) is 0 Å². The summed E-state index contributed by atoms with van der Waals surface area (Å²) >= 11 is 0. The van der Waals surface area contributed by atoms with Crippen LogP contribution in [0.15, 0.2) is 40.0 Å². The molecule has 0 radical (unpaired) electrons. The summed E-state index contributed by atoms with van der Waals surface area (Å²) < 4.78 is 30.4.